The van der Waals surface area contributed by atoms with E-state index in [1.807, 2.05) is 6.92 Å². The van der Waals surface area contributed by atoms with Crippen LogP contribution in [0.4, 0.5) is 0 Å². The van der Waals surface area contributed by atoms with Gasteiger partial charge in [0.2, 0.25) is 5.88 Å². The maximum atomic E-state index is 5.80. The Morgan fingerprint density at radius 3 is 2.92 bits per heavy atom. The lowest BCUT2D eigenvalue weighted by Crippen LogP contribution is -2.04. The van der Waals surface area contributed by atoms with E-state index in [9.17, 15) is 0 Å². The number of hydrogen-bond acceptors (Lipinski definition) is 2. The van der Waals surface area contributed by atoms with Crippen LogP contribution in [0.15, 0.2) is 0 Å². The maximum Gasteiger partial charge on any atom is 0.231 e. The number of aryl methyl sites for hydroxylation is 1. The first-order valence-corrected chi connectivity index (χ1v) is 4.44. The molecule has 0 unspecified atom stereocenters. The highest BCUT2D eigenvalue weighted by Crippen LogP contribution is 2.22. The van der Waals surface area contributed by atoms with E-state index in [1.165, 1.54) is 0 Å². The highest BCUT2D eigenvalue weighted by molar-refractivity contribution is 6.31. The third kappa shape index (κ3) is 1.91. The summed E-state index contributed by atoms with van der Waals surface area (Å²) in [4.78, 5) is 0. The Morgan fingerprint density at radius 1 is 1.58 bits per heavy atom. The van der Waals surface area contributed by atoms with Crippen molar-refractivity contribution in [1.29, 1.82) is 0 Å². The second-order valence-electron chi connectivity index (χ2n) is 2.39. The molecule has 0 aliphatic heterocycles. The van der Waals surface area contributed by atoms with Crippen molar-refractivity contribution >= 4 is 11.6 Å². The van der Waals surface area contributed by atoms with E-state index in [4.69, 9.17) is 16.3 Å². The summed E-state index contributed by atoms with van der Waals surface area (Å²) in [7, 11) is 0. The predicted octanol–water partition coefficient (Wildman–Crippen LogP) is 2.15. The summed E-state index contributed by atoms with van der Waals surface area (Å²) in [5.41, 5.74) is 0. The number of nitrogens with zero attached hydrogens (tertiary/aromatic N) is 2. The van der Waals surface area contributed by atoms with Crippen molar-refractivity contribution in [3.63, 3.8) is 0 Å². The first-order valence-electron chi connectivity index (χ1n) is 4.06. The SMILES string of the molecule is CCCn1n[c]c(Cl)c1OCC. The van der Waals surface area contributed by atoms with Gasteiger partial charge in [-0.1, -0.05) is 18.5 Å². The van der Waals surface area contributed by atoms with Gasteiger partial charge in [0.1, 0.15) is 11.2 Å². The summed E-state index contributed by atoms with van der Waals surface area (Å²) < 4.78 is 7.03. The van der Waals surface area contributed by atoms with E-state index in [0.717, 1.165) is 13.0 Å². The van der Waals surface area contributed by atoms with Gasteiger partial charge in [-0.25, -0.2) is 4.68 Å². The van der Waals surface area contributed by atoms with Crippen molar-refractivity contribution in [1.82, 2.24) is 9.78 Å². The van der Waals surface area contributed by atoms with Crippen LogP contribution in [0.3, 0.4) is 0 Å². The quantitative estimate of drug-likeness (QED) is 0.722. The zero-order valence-electron chi connectivity index (χ0n) is 7.30. The molecule has 1 heterocycles. The topological polar surface area (TPSA) is 27.1 Å². The van der Waals surface area contributed by atoms with Crippen LogP contribution in [0.5, 0.6) is 5.88 Å². The molecule has 0 saturated heterocycles. The van der Waals surface area contributed by atoms with Gasteiger partial charge in [0.25, 0.3) is 0 Å². The van der Waals surface area contributed by atoms with Gasteiger partial charge in [-0.3, -0.25) is 0 Å². The van der Waals surface area contributed by atoms with E-state index in [0.29, 0.717) is 17.5 Å². The van der Waals surface area contributed by atoms with Crippen molar-refractivity contribution in [2.24, 2.45) is 0 Å². The maximum absolute atomic E-state index is 5.80. The molecule has 0 aliphatic rings. The van der Waals surface area contributed by atoms with Gasteiger partial charge < -0.3 is 4.74 Å². The molecule has 1 aromatic heterocycles. The molecule has 0 atom stereocenters. The average molecular weight is 188 g/mol. The molecule has 1 rings (SSSR count). The zero-order valence-corrected chi connectivity index (χ0v) is 8.06. The van der Waals surface area contributed by atoms with Crippen LogP contribution < -0.4 is 4.74 Å². The summed E-state index contributed by atoms with van der Waals surface area (Å²) in [6, 6.07) is 0. The first kappa shape index (κ1) is 9.39. The molecule has 67 valence electrons. The number of hydrogen-bond donors (Lipinski definition) is 0. The second-order valence-corrected chi connectivity index (χ2v) is 2.77. The molecule has 0 spiro atoms. The van der Waals surface area contributed by atoms with Crippen LogP contribution in [-0.4, -0.2) is 16.4 Å². The molecular weight excluding hydrogens is 176 g/mol. The number of halogens is 1. The molecule has 1 radical (unpaired) electrons. The van der Waals surface area contributed by atoms with Gasteiger partial charge in [-0.2, -0.15) is 5.10 Å². The van der Waals surface area contributed by atoms with Crippen molar-refractivity contribution in [2.75, 3.05) is 6.61 Å². The normalized spacial score (nSPS) is 10.2. The first-order chi connectivity index (χ1) is 5.79. The minimum atomic E-state index is 0.463. The minimum Gasteiger partial charge on any atom is -0.477 e. The van der Waals surface area contributed by atoms with Gasteiger partial charge in [0, 0.05) is 6.54 Å². The van der Waals surface area contributed by atoms with Gasteiger partial charge in [0.15, 0.2) is 0 Å². The van der Waals surface area contributed by atoms with Gasteiger partial charge in [0.05, 0.1) is 6.61 Å². The fourth-order valence-electron chi connectivity index (χ4n) is 0.949. The van der Waals surface area contributed by atoms with E-state index in [2.05, 4.69) is 18.2 Å². The Kier molecular flexibility index (Phi) is 3.41. The Morgan fingerprint density at radius 2 is 2.33 bits per heavy atom. The van der Waals surface area contributed by atoms with E-state index >= 15 is 0 Å². The third-order valence-corrected chi connectivity index (χ3v) is 1.65. The van der Waals surface area contributed by atoms with Gasteiger partial charge in [-0.05, 0) is 13.3 Å². The summed E-state index contributed by atoms with van der Waals surface area (Å²) in [6.07, 6.45) is 3.67. The molecule has 0 bridgehead atoms. The Labute approximate surface area is 77.3 Å². The lowest BCUT2D eigenvalue weighted by molar-refractivity contribution is 0.301. The summed E-state index contributed by atoms with van der Waals surface area (Å²) >= 11 is 5.80. The lowest BCUT2D eigenvalue weighted by Gasteiger charge is -2.05. The molecule has 12 heavy (non-hydrogen) atoms. The van der Waals surface area contributed by atoms with Crippen LogP contribution in [0.25, 0.3) is 0 Å². The fraction of sp³-hybridized carbons (Fsp3) is 0.625. The van der Waals surface area contributed by atoms with Gasteiger partial charge in [-0.15, -0.1) is 0 Å². The molecule has 3 nitrogen and oxygen atoms in total. The van der Waals surface area contributed by atoms with E-state index in [-0.39, 0.29) is 0 Å². The van der Waals surface area contributed by atoms with Gasteiger partial charge >= 0.3 is 0 Å². The lowest BCUT2D eigenvalue weighted by atomic mass is 10.5. The number of ether oxygens (including phenoxy) is 1. The Bertz CT molecular complexity index is 247. The highest BCUT2D eigenvalue weighted by Gasteiger charge is 2.08. The van der Waals surface area contributed by atoms with Crippen LogP contribution in [0.2, 0.25) is 5.02 Å². The van der Waals surface area contributed by atoms with Crippen LogP contribution in [0, 0.1) is 6.20 Å². The van der Waals surface area contributed by atoms with Crippen LogP contribution in [0.1, 0.15) is 20.3 Å². The van der Waals surface area contributed by atoms with Crippen molar-refractivity contribution in [2.45, 2.75) is 26.8 Å². The zero-order chi connectivity index (χ0) is 8.97. The molecular formula is C8H12ClN2O. The van der Waals surface area contributed by atoms with Crippen molar-refractivity contribution in [3.05, 3.63) is 11.2 Å². The Balaban J connectivity index is 2.80. The van der Waals surface area contributed by atoms with Crippen LogP contribution >= 0.6 is 11.6 Å². The molecule has 0 aliphatic carbocycles. The monoisotopic (exact) mass is 187 g/mol. The summed E-state index contributed by atoms with van der Waals surface area (Å²) in [5, 5.41) is 4.42. The molecule has 1 aromatic rings. The second kappa shape index (κ2) is 4.36. The molecule has 4 heteroatoms. The standard InChI is InChI=1S/C8H12ClN2O/c1-3-5-11-8(12-4-2)7(9)6-10-11/h3-5H2,1-2H3. The third-order valence-electron chi connectivity index (χ3n) is 1.41. The van der Waals surface area contributed by atoms with E-state index in [1.54, 1.807) is 4.68 Å². The Hall–Kier alpha value is -0.700. The molecule has 0 fully saturated rings. The fourth-order valence-corrected chi connectivity index (χ4v) is 1.14. The van der Waals surface area contributed by atoms with Crippen molar-refractivity contribution < 1.29 is 4.74 Å². The molecule has 0 aromatic carbocycles. The average Bonchev–Trinajstić information content (AvgIpc) is 2.37. The van der Waals surface area contributed by atoms with E-state index < -0.39 is 0 Å². The van der Waals surface area contributed by atoms with Crippen molar-refractivity contribution in [3.8, 4) is 5.88 Å². The number of aromatic nitrogens is 2. The summed E-state index contributed by atoms with van der Waals surface area (Å²) in [6.45, 7) is 5.41. The predicted molar refractivity (Wildman–Crippen MR) is 47.5 cm³/mol. The smallest absolute Gasteiger partial charge is 0.231 e. The summed E-state index contributed by atoms with van der Waals surface area (Å²) in [5.74, 6) is 0.626. The molecule has 0 N–H and O–H groups in total. The molecule has 0 amide bonds. The highest BCUT2D eigenvalue weighted by atomic mass is 35.5. The largest absolute Gasteiger partial charge is 0.477 e. The minimum absolute atomic E-state index is 0.463. The molecule has 0 saturated carbocycles. The number of rotatable bonds is 4. The van der Waals surface area contributed by atoms with Crippen LogP contribution in [-0.2, 0) is 6.54 Å².